The standard InChI is InChI=1S/C26H25FN8O3/c1-17(14-35-16-29-15-33-35)38-23-9-18(3-4-20(23)11-28)21-12-31-26(32-13-21)34-22-6-5-19(10-24(22)37-2)25(36)30-8-7-27/h3-6,9-10,12-13,15-17H,7-8,14H2,1-2H3,(H,30,36)(H,31,32,34)/t17-/m0/s1. The van der Waals surface area contributed by atoms with Crippen LogP contribution in [0.5, 0.6) is 11.5 Å². The van der Waals surface area contributed by atoms with Crippen LogP contribution >= 0.6 is 0 Å². The van der Waals surface area contributed by atoms with E-state index < -0.39 is 12.6 Å². The predicted molar refractivity (Wildman–Crippen MR) is 137 cm³/mol. The summed E-state index contributed by atoms with van der Waals surface area (Å²) >= 11 is 0. The second-order valence-corrected chi connectivity index (χ2v) is 8.15. The molecule has 1 amide bonds. The van der Waals surface area contributed by atoms with Gasteiger partial charge in [0.15, 0.2) is 0 Å². The van der Waals surface area contributed by atoms with Crippen molar-refractivity contribution in [2.45, 2.75) is 19.6 Å². The molecule has 2 aromatic carbocycles. The first kappa shape index (κ1) is 26.0. The molecule has 0 saturated carbocycles. The molecule has 2 N–H and O–H groups in total. The first-order valence-corrected chi connectivity index (χ1v) is 11.7. The predicted octanol–water partition coefficient (Wildman–Crippen LogP) is 3.53. The van der Waals surface area contributed by atoms with Gasteiger partial charge in [-0.25, -0.2) is 24.0 Å². The highest BCUT2D eigenvalue weighted by atomic mass is 19.1. The molecule has 38 heavy (non-hydrogen) atoms. The summed E-state index contributed by atoms with van der Waals surface area (Å²) in [5, 5.41) is 19.1. The largest absolute Gasteiger partial charge is 0.495 e. The van der Waals surface area contributed by atoms with Gasteiger partial charge in [0, 0.05) is 30.1 Å². The second kappa shape index (κ2) is 12.3. The van der Waals surface area contributed by atoms with Gasteiger partial charge in [0.25, 0.3) is 5.91 Å². The molecule has 0 aliphatic rings. The Labute approximate surface area is 218 Å². The number of ether oxygens (including phenoxy) is 2. The fourth-order valence-electron chi connectivity index (χ4n) is 3.60. The smallest absolute Gasteiger partial charge is 0.251 e. The van der Waals surface area contributed by atoms with Crippen molar-refractivity contribution in [3.8, 4) is 28.7 Å². The number of halogens is 1. The van der Waals surface area contributed by atoms with E-state index in [9.17, 15) is 14.4 Å². The number of carbonyl (C=O) groups excluding carboxylic acids is 1. The van der Waals surface area contributed by atoms with Crippen molar-refractivity contribution in [1.29, 1.82) is 5.26 Å². The summed E-state index contributed by atoms with van der Waals surface area (Å²) in [7, 11) is 1.48. The van der Waals surface area contributed by atoms with Crippen LogP contribution in [0.15, 0.2) is 61.4 Å². The summed E-state index contributed by atoms with van der Waals surface area (Å²) in [6, 6.07) is 12.2. The third-order valence-electron chi connectivity index (χ3n) is 5.42. The van der Waals surface area contributed by atoms with Gasteiger partial charge >= 0.3 is 0 Å². The molecule has 0 saturated heterocycles. The molecule has 2 aromatic heterocycles. The number of methoxy groups -OCH3 is 1. The molecule has 4 aromatic rings. The van der Waals surface area contributed by atoms with Gasteiger partial charge in [-0.3, -0.25) is 4.79 Å². The molecule has 0 unspecified atom stereocenters. The third-order valence-corrected chi connectivity index (χ3v) is 5.42. The number of nitriles is 1. The number of amides is 1. The minimum atomic E-state index is -0.643. The summed E-state index contributed by atoms with van der Waals surface area (Å²) in [5.74, 6) is 0.763. The van der Waals surface area contributed by atoms with E-state index in [-0.39, 0.29) is 12.6 Å². The van der Waals surface area contributed by atoms with Crippen LogP contribution in [-0.2, 0) is 6.54 Å². The Morgan fingerprint density at radius 1 is 1.16 bits per heavy atom. The Morgan fingerprint density at radius 3 is 2.66 bits per heavy atom. The highest BCUT2D eigenvalue weighted by Gasteiger charge is 2.14. The Bertz CT molecular complexity index is 1420. The van der Waals surface area contributed by atoms with Crippen molar-refractivity contribution in [3.05, 3.63) is 72.6 Å². The van der Waals surface area contributed by atoms with E-state index in [4.69, 9.17) is 9.47 Å². The van der Waals surface area contributed by atoms with Crippen molar-refractivity contribution < 1.29 is 18.7 Å². The number of rotatable bonds is 11. The van der Waals surface area contributed by atoms with Crippen LogP contribution in [0.25, 0.3) is 11.1 Å². The molecule has 0 spiro atoms. The zero-order valence-electron chi connectivity index (χ0n) is 20.8. The van der Waals surface area contributed by atoms with Gasteiger partial charge in [-0.15, -0.1) is 0 Å². The third kappa shape index (κ3) is 6.38. The summed E-state index contributed by atoms with van der Waals surface area (Å²) in [6.07, 6.45) is 6.09. The summed E-state index contributed by atoms with van der Waals surface area (Å²) in [6.45, 7) is 1.66. The lowest BCUT2D eigenvalue weighted by molar-refractivity contribution is 0.0950. The molecule has 12 heteroatoms. The van der Waals surface area contributed by atoms with Gasteiger partial charge in [0.2, 0.25) is 5.95 Å². The maximum Gasteiger partial charge on any atom is 0.251 e. The quantitative estimate of drug-likeness (QED) is 0.306. The van der Waals surface area contributed by atoms with E-state index in [1.165, 1.54) is 13.4 Å². The van der Waals surface area contributed by atoms with Crippen molar-refractivity contribution in [1.82, 2.24) is 30.0 Å². The van der Waals surface area contributed by atoms with Crippen LogP contribution < -0.4 is 20.1 Å². The van der Waals surface area contributed by atoms with Crippen molar-refractivity contribution in [3.63, 3.8) is 0 Å². The van der Waals surface area contributed by atoms with E-state index in [1.807, 2.05) is 6.92 Å². The molecule has 0 radical (unpaired) electrons. The van der Waals surface area contributed by atoms with E-state index in [1.54, 1.807) is 59.8 Å². The van der Waals surface area contributed by atoms with Crippen LogP contribution in [0.2, 0.25) is 0 Å². The number of hydrogen-bond acceptors (Lipinski definition) is 9. The zero-order valence-corrected chi connectivity index (χ0v) is 20.8. The molecule has 4 rings (SSSR count). The lowest BCUT2D eigenvalue weighted by Crippen LogP contribution is -2.25. The number of alkyl halides is 1. The van der Waals surface area contributed by atoms with Crippen molar-refractivity contribution in [2.75, 3.05) is 25.6 Å². The Balaban J connectivity index is 1.48. The van der Waals surface area contributed by atoms with Gasteiger partial charge in [0.1, 0.15) is 43.0 Å². The number of hydrogen-bond donors (Lipinski definition) is 2. The molecule has 2 heterocycles. The van der Waals surface area contributed by atoms with E-state index in [0.29, 0.717) is 40.8 Å². The Kier molecular flexibility index (Phi) is 8.40. The molecule has 11 nitrogen and oxygen atoms in total. The first-order valence-electron chi connectivity index (χ1n) is 11.7. The maximum atomic E-state index is 12.3. The number of nitrogens with one attached hydrogen (secondary N) is 2. The lowest BCUT2D eigenvalue weighted by atomic mass is 10.1. The topological polar surface area (TPSA) is 140 Å². The normalized spacial score (nSPS) is 11.3. The fraction of sp³-hybridized carbons (Fsp3) is 0.231. The Hall–Kier alpha value is -5.05. The van der Waals surface area contributed by atoms with Gasteiger partial charge < -0.3 is 20.1 Å². The summed E-state index contributed by atoms with van der Waals surface area (Å²) in [5.41, 5.74) is 2.80. The Morgan fingerprint density at radius 2 is 1.97 bits per heavy atom. The number of nitrogens with zero attached hydrogens (tertiary/aromatic N) is 6. The molecule has 194 valence electrons. The molecule has 0 bridgehead atoms. The van der Waals surface area contributed by atoms with Gasteiger partial charge in [-0.2, -0.15) is 10.4 Å². The zero-order chi connectivity index (χ0) is 26.9. The highest BCUT2D eigenvalue weighted by molar-refractivity contribution is 5.95. The van der Waals surface area contributed by atoms with Gasteiger partial charge in [-0.1, -0.05) is 6.07 Å². The molecule has 0 aliphatic heterocycles. The SMILES string of the molecule is COc1cc(C(=O)NCCF)ccc1Nc1ncc(-c2ccc(C#N)c(O[C@@H](C)Cn3cncn3)c2)cn1. The first-order chi connectivity index (χ1) is 18.5. The van der Waals surface area contributed by atoms with E-state index in [0.717, 1.165) is 11.1 Å². The van der Waals surface area contributed by atoms with Crippen molar-refractivity contribution in [2.24, 2.45) is 0 Å². The number of aromatic nitrogens is 5. The van der Waals surface area contributed by atoms with Crippen LogP contribution in [0.4, 0.5) is 16.0 Å². The van der Waals surface area contributed by atoms with Gasteiger partial charge in [0.05, 0.1) is 24.9 Å². The maximum absolute atomic E-state index is 12.3. The molecular formula is C26H25FN8O3. The van der Waals surface area contributed by atoms with E-state index in [2.05, 4.69) is 36.8 Å². The average molecular weight is 517 g/mol. The van der Waals surface area contributed by atoms with E-state index >= 15 is 0 Å². The fourth-order valence-corrected chi connectivity index (χ4v) is 3.60. The minimum Gasteiger partial charge on any atom is -0.495 e. The van der Waals surface area contributed by atoms with Crippen LogP contribution in [0, 0.1) is 11.3 Å². The van der Waals surface area contributed by atoms with Crippen LogP contribution in [0.3, 0.4) is 0 Å². The average Bonchev–Trinajstić information content (AvgIpc) is 3.45. The summed E-state index contributed by atoms with van der Waals surface area (Å²) in [4.78, 5) is 24.8. The van der Waals surface area contributed by atoms with Crippen LogP contribution in [0.1, 0.15) is 22.8 Å². The molecule has 0 aliphatic carbocycles. The number of benzene rings is 2. The van der Waals surface area contributed by atoms with Crippen LogP contribution in [-0.4, -0.2) is 57.1 Å². The number of carbonyl (C=O) groups is 1. The van der Waals surface area contributed by atoms with Gasteiger partial charge in [-0.05, 0) is 42.8 Å². The number of anilines is 2. The monoisotopic (exact) mass is 516 g/mol. The second-order valence-electron chi connectivity index (χ2n) is 8.15. The molecular weight excluding hydrogens is 491 g/mol. The molecule has 0 fully saturated rings. The molecule has 1 atom stereocenters. The lowest BCUT2D eigenvalue weighted by Gasteiger charge is -2.16. The highest BCUT2D eigenvalue weighted by Crippen LogP contribution is 2.30. The minimum absolute atomic E-state index is 0.0593. The van der Waals surface area contributed by atoms with Crippen molar-refractivity contribution >= 4 is 17.5 Å². The summed E-state index contributed by atoms with van der Waals surface area (Å²) < 4.78 is 25.4.